The average molecular weight is 396 g/mol. The number of carbonyl (C=O) groups is 4. The minimum atomic E-state index is -2.32. The van der Waals surface area contributed by atoms with Crippen LogP contribution in [-0.4, -0.2) is 56.1 Å². The number of carboxylic acid groups (broad SMARTS) is 2. The summed E-state index contributed by atoms with van der Waals surface area (Å²) in [6.07, 6.45) is 0.118. The lowest BCUT2D eigenvalue weighted by Gasteiger charge is -2.54. The van der Waals surface area contributed by atoms with Crippen LogP contribution < -0.4 is 0 Å². The molecule has 8 heteroatoms. The molecule has 0 aromatic rings. The molecule has 0 aliphatic heterocycles. The summed E-state index contributed by atoms with van der Waals surface area (Å²) in [5.41, 5.74) is -4.64. The quantitative estimate of drug-likeness (QED) is 0.517. The highest BCUT2D eigenvalue weighted by Crippen LogP contribution is 2.61. The van der Waals surface area contributed by atoms with Crippen molar-refractivity contribution in [2.45, 2.75) is 76.4 Å². The van der Waals surface area contributed by atoms with E-state index in [0.717, 1.165) is 0 Å². The molecule has 0 radical (unpaired) electrons. The van der Waals surface area contributed by atoms with Crippen LogP contribution in [0.2, 0.25) is 0 Å². The highest BCUT2D eigenvalue weighted by molar-refractivity contribution is 6.20. The topological polar surface area (TPSA) is 149 Å². The lowest BCUT2D eigenvalue weighted by molar-refractivity contribution is -0.201. The molecular formula is C20H28O8. The van der Waals surface area contributed by atoms with Gasteiger partial charge in [0.1, 0.15) is 0 Å². The van der Waals surface area contributed by atoms with Gasteiger partial charge in [-0.2, -0.15) is 0 Å². The van der Waals surface area contributed by atoms with Gasteiger partial charge in [-0.25, -0.2) is 0 Å². The van der Waals surface area contributed by atoms with E-state index < -0.39 is 58.4 Å². The standard InChI is InChI=1S/C20H28O8/c21-13-5-1-11(2-6-13)19(17(25)26)15(23)9-10-16(24)20(19,18(27)28)12-3-7-14(22)8-4-12/h11-14,21-22H,1-10H2,(H,25,26)(H,27,28). The minimum Gasteiger partial charge on any atom is -0.480 e. The predicted octanol–water partition coefficient (Wildman–Crippen LogP) is 1.16. The van der Waals surface area contributed by atoms with Crippen LogP contribution in [0.5, 0.6) is 0 Å². The van der Waals surface area contributed by atoms with Crippen molar-refractivity contribution in [1.82, 2.24) is 0 Å². The van der Waals surface area contributed by atoms with Crippen LogP contribution in [0.1, 0.15) is 64.2 Å². The molecule has 8 nitrogen and oxygen atoms in total. The minimum absolute atomic E-state index is 0.191. The Labute approximate surface area is 162 Å². The number of carboxylic acids is 2. The van der Waals surface area contributed by atoms with Crippen molar-refractivity contribution in [3.8, 4) is 0 Å². The first-order chi connectivity index (χ1) is 13.2. The largest absolute Gasteiger partial charge is 0.480 e. The van der Waals surface area contributed by atoms with E-state index in [-0.39, 0.29) is 64.2 Å². The fourth-order valence-corrected chi connectivity index (χ4v) is 6.10. The molecule has 0 amide bonds. The number of aliphatic carboxylic acids is 2. The van der Waals surface area contributed by atoms with E-state index in [1.165, 1.54) is 0 Å². The van der Waals surface area contributed by atoms with Crippen molar-refractivity contribution in [3.05, 3.63) is 0 Å². The van der Waals surface area contributed by atoms with Crippen LogP contribution in [-0.2, 0) is 19.2 Å². The maximum atomic E-state index is 13.2. The Balaban J connectivity index is 2.21. The molecule has 3 fully saturated rings. The monoisotopic (exact) mass is 396 g/mol. The molecule has 0 aromatic carbocycles. The number of ketones is 2. The van der Waals surface area contributed by atoms with Crippen LogP contribution in [0.4, 0.5) is 0 Å². The van der Waals surface area contributed by atoms with E-state index in [1.807, 2.05) is 0 Å². The molecule has 28 heavy (non-hydrogen) atoms. The third-order valence-corrected chi connectivity index (χ3v) is 7.37. The molecule has 4 N–H and O–H groups in total. The van der Waals surface area contributed by atoms with E-state index in [4.69, 9.17) is 0 Å². The molecule has 3 rings (SSSR count). The molecule has 3 aliphatic carbocycles. The highest BCUT2D eigenvalue weighted by Gasteiger charge is 2.75. The zero-order valence-corrected chi connectivity index (χ0v) is 15.8. The summed E-state index contributed by atoms with van der Waals surface area (Å²) < 4.78 is 0. The molecule has 0 spiro atoms. The van der Waals surface area contributed by atoms with Crippen LogP contribution in [0.25, 0.3) is 0 Å². The fraction of sp³-hybridized carbons (Fsp3) is 0.800. The second-order valence-electron chi connectivity index (χ2n) is 8.58. The number of carbonyl (C=O) groups excluding carboxylic acids is 2. The van der Waals surface area contributed by atoms with Gasteiger partial charge < -0.3 is 20.4 Å². The molecule has 0 heterocycles. The van der Waals surface area contributed by atoms with E-state index in [2.05, 4.69) is 0 Å². The van der Waals surface area contributed by atoms with Gasteiger partial charge >= 0.3 is 11.9 Å². The Bertz CT molecular complexity index is 614. The summed E-state index contributed by atoms with van der Waals surface area (Å²) in [5, 5.41) is 40.3. The van der Waals surface area contributed by atoms with Crippen molar-refractivity contribution in [2.24, 2.45) is 22.7 Å². The van der Waals surface area contributed by atoms with E-state index in [1.54, 1.807) is 0 Å². The second kappa shape index (κ2) is 7.55. The van der Waals surface area contributed by atoms with Crippen LogP contribution >= 0.6 is 0 Å². The van der Waals surface area contributed by atoms with Gasteiger partial charge in [0.25, 0.3) is 0 Å². The molecule has 0 aromatic heterocycles. The molecule has 2 atom stereocenters. The van der Waals surface area contributed by atoms with Gasteiger partial charge in [-0.05, 0) is 63.2 Å². The van der Waals surface area contributed by atoms with Gasteiger partial charge in [0, 0.05) is 12.8 Å². The first kappa shape index (κ1) is 20.9. The first-order valence-corrected chi connectivity index (χ1v) is 10.1. The van der Waals surface area contributed by atoms with Gasteiger partial charge in [-0.15, -0.1) is 0 Å². The molecule has 2 unspecified atom stereocenters. The SMILES string of the molecule is O=C(O)C1(C2CCC(O)CC2)C(=O)CCC(=O)C1(C(=O)O)C1CCC(O)CC1. The smallest absolute Gasteiger partial charge is 0.319 e. The van der Waals surface area contributed by atoms with Crippen LogP contribution in [0, 0.1) is 22.7 Å². The second-order valence-corrected chi connectivity index (χ2v) is 8.58. The summed E-state index contributed by atoms with van der Waals surface area (Å²) in [4.78, 5) is 51.8. The third kappa shape index (κ3) is 2.80. The maximum absolute atomic E-state index is 13.2. The number of hydrogen-bond acceptors (Lipinski definition) is 6. The summed E-state index contributed by atoms with van der Waals surface area (Å²) in [6.45, 7) is 0. The predicted molar refractivity (Wildman–Crippen MR) is 95.3 cm³/mol. The number of aliphatic hydroxyl groups excluding tert-OH is 2. The van der Waals surface area contributed by atoms with E-state index in [0.29, 0.717) is 0 Å². The van der Waals surface area contributed by atoms with Crippen LogP contribution in [0.3, 0.4) is 0 Å². The Morgan fingerprint density at radius 1 is 0.643 bits per heavy atom. The Morgan fingerprint density at radius 2 is 0.929 bits per heavy atom. The van der Waals surface area contributed by atoms with Gasteiger partial charge in [-0.3, -0.25) is 19.2 Å². The molecule has 3 aliphatic rings. The molecule has 0 bridgehead atoms. The fourth-order valence-electron chi connectivity index (χ4n) is 6.10. The van der Waals surface area contributed by atoms with Crippen LogP contribution in [0.15, 0.2) is 0 Å². The van der Waals surface area contributed by atoms with Gasteiger partial charge in [0.2, 0.25) is 0 Å². The van der Waals surface area contributed by atoms with Crippen molar-refractivity contribution in [3.63, 3.8) is 0 Å². The lowest BCUT2D eigenvalue weighted by atomic mass is 9.43. The van der Waals surface area contributed by atoms with Gasteiger partial charge in [0.05, 0.1) is 12.2 Å². The summed E-state index contributed by atoms with van der Waals surface area (Å²) in [7, 11) is 0. The molecular weight excluding hydrogens is 368 g/mol. The molecule has 156 valence electrons. The van der Waals surface area contributed by atoms with Gasteiger partial charge in [0.15, 0.2) is 22.4 Å². The number of rotatable bonds is 4. The van der Waals surface area contributed by atoms with Crippen molar-refractivity contribution >= 4 is 23.5 Å². The molecule has 0 saturated heterocycles. The van der Waals surface area contributed by atoms with Crippen molar-refractivity contribution < 1.29 is 39.6 Å². The summed E-state index contributed by atoms with van der Waals surface area (Å²) in [5.74, 6) is -6.08. The number of Topliss-reactive ketones (excluding diaryl/α,β-unsaturated/α-hetero) is 2. The Hall–Kier alpha value is -1.80. The number of hydrogen-bond donors (Lipinski definition) is 4. The normalized spacial score (nSPS) is 42.2. The Kier molecular flexibility index (Phi) is 5.64. The summed E-state index contributed by atoms with van der Waals surface area (Å²) >= 11 is 0. The van der Waals surface area contributed by atoms with Crippen molar-refractivity contribution in [2.75, 3.05) is 0 Å². The van der Waals surface area contributed by atoms with E-state index >= 15 is 0 Å². The summed E-state index contributed by atoms with van der Waals surface area (Å²) in [6, 6.07) is 0. The van der Waals surface area contributed by atoms with Gasteiger partial charge in [-0.1, -0.05) is 0 Å². The zero-order valence-electron chi connectivity index (χ0n) is 15.8. The average Bonchev–Trinajstić information content (AvgIpc) is 2.64. The third-order valence-electron chi connectivity index (χ3n) is 7.37. The lowest BCUT2D eigenvalue weighted by Crippen LogP contribution is -2.69. The number of aliphatic hydroxyl groups is 2. The Morgan fingerprint density at radius 3 is 1.18 bits per heavy atom. The highest BCUT2D eigenvalue weighted by atomic mass is 16.4. The maximum Gasteiger partial charge on any atom is 0.319 e. The van der Waals surface area contributed by atoms with Crippen molar-refractivity contribution in [1.29, 1.82) is 0 Å². The molecule has 3 saturated carbocycles. The first-order valence-electron chi connectivity index (χ1n) is 10.1. The zero-order chi connectivity index (χ0) is 20.7. The van der Waals surface area contributed by atoms with E-state index in [9.17, 15) is 39.6 Å².